The van der Waals surface area contributed by atoms with E-state index in [1.165, 1.54) is 0 Å². The van der Waals surface area contributed by atoms with Crippen LogP contribution < -0.4 is 0 Å². The van der Waals surface area contributed by atoms with Crippen molar-refractivity contribution in [2.45, 2.75) is 125 Å². The molecule has 0 radical (unpaired) electrons. The van der Waals surface area contributed by atoms with Gasteiger partial charge in [0, 0.05) is 0 Å². The maximum absolute atomic E-state index is 13.8. The van der Waals surface area contributed by atoms with Gasteiger partial charge in [-0.05, 0) is 51.4 Å². The van der Waals surface area contributed by atoms with E-state index in [2.05, 4.69) is 4.74 Å². The monoisotopic (exact) mass is 622 g/mol. The Morgan fingerprint density at radius 3 is 2.26 bits per heavy atom. The Bertz CT molecular complexity index is 1190. The van der Waals surface area contributed by atoms with Crippen LogP contribution in [0, 0.1) is 17.8 Å². The molecule has 236 valence electrons. The number of carbonyl (C=O) groups excluding carboxylic acids is 4. The highest BCUT2D eigenvalue weighted by Gasteiger charge is 2.72. The van der Waals surface area contributed by atoms with Crippen LogP contribution in [0.2, 0.25) is 0 Å². The maximum Gasteiger partial charge on any atom is 0.405 e. The SMILES string of the molecule is CC(OC(=O)CCC(=O)OC1C2OC(=O)C3C2OC1C3C(=O)OC1(C2CCCCC2)CCCCC1)C(F)(F)S(=O)(=O)O. The standard InChI is InChI=1S/C27H36F2O12S/c1-14(27(28,29)42(34,35)36)37-16(30)10-11-17(31)38-22-21-19(18-20(39-21)23(22)40-24(18)32)25(33)41-26(12-6-3-7-13-26)15-8-4-2-5-9-15/h14-15,18-23H,2-13H2,1H3,(H,34,35,36). The third-order valence-electron chi connectivity index (χ3n) is 9.46. The smallest absolute Gasteiger partial charge is 0.405 e. The van der Waals surface area contributed by atoms with E-state index in [0.717, 1.165) is 64.2 Å². The van der Waals surface area contributed by atoms with Crippen LogP contribution in [0.25, 0.3) is 0 Å². The summed E-state index contributed by atoms with van der Waals surface area (Å²) in [6.45, 7) is 0.576. The Labute approximate surface area is 241 Å². The van der Waals surface area contributed by atoms with E-state index in [0.29, 0.717) is 6.92 Å². The zero-order chi connectivity index (χ0) is 30.4. The number of halogens is 2. The molecule has 2 saturated carbocycles. The molecule has 5 aliphatic rings. The average molecular weight is 623 g/mol. The van der Waals surface area contributed by atoms with E-state index < -0.39 is 100 Å². The molecule has 0 aromatic rings. The van der Waals surface area contributed by atoms with Gasteiger partial charge in [-0.25, -0.2) is 0 Å². The molecule has 1 N–H and O–H groups in total. The van der Waals surface area contributed by atoms with Crippen LogP contribution in [0.3, 0.4) is 0 Å². The summed E-state index contributed by atoms with van der Waals surface area (Å²) >= 11 is 0. The van der Waals surface area contributed by atoms with Crippen molar-refractivity contribution < 1.29 is 64.6 Å². The molecule has 0 aromatic heterocycles. The lowest BCUT2D eigenvalue weighted by molar-refractivity contribution is -0.185. The molecule has 15 heteroatoms. The first-order valence-corrected chi connectivity index (χ1v) is 16.0. The predicted octanol–water partition coefficient (Wildman–Crippen LogP) is 2.86. The van der Waals surface area contributed by atoms with Crippen molar-refractivity contribution in [1.82, 2.24) is 0 Å². The maximum atomic E-state index is 13.8. The molecule has 7 unspecified atom stereocenters. The van der Waals surface area contributed by atoms with Crippen LogP contribution in [0.5, 0.6) is 0 Å². The highest BCUT2D eigenvalue weighted by atomic mass is 32.2. The van der Waals surface area contributed by atoms with Crippen molar-refractivity contribution in [2.75, 3.05) is 0 Å². The fourth-order valence-electron chi connectivity index (χ4n) is 7.33. The number of carbonyl (C=O) groups is 4. The minimum atomic E-state index is -5.84. The highest BCUT2D eigenvalue weighted by Crippen LogP contribution is 2.53. The first kappa shape index (κ1) is 31.0. The normalized spacial score (nSPS) is 33.1. The lowest BCUT2D eigenvalue weighted by Crippen LogP contribution is -2.51. The van der Waals surface area contributed by atoms with Crippen molar-refractivity contribution in [3.05, 3.63) is 0 Å². The second-order valence-corrected chi connectivity index (χ2v) is 13.5. The van der Waals surface area contributed by atoms with Gasteiger partial charge in [0.05, 0.1) is 12.8 Å². The Morgan fingerprint density at radius 1 is 1.00 bits per heavy atom. The Hall–Kier alpha value is -2.39. The summed E-state index contributed by atoms with van der Waals surface area (Å²) in [6.07, 6.45) is 1.93. The molecule has 5 rings (SSSR count). The summed E-state index contributed by atoms with van der Waals surface area (Å²) in [6, 6.07) is 0. The van der Waals surface area contributed by atoms with Gasteiger partial charge in [-0.2, -0.15) is 17.2 Å². The van der Waals surface area contributed by atoms with Crippen molar-refractivity contribution >= 4 is 34.0 Å². The Morgan fingerprint density at radius 2 is 1.62 bits per heavy atom. The number of hydrogen-bond acceptors (Lipinski definition) is 11. The second-order valence-electron chi connectivity index (χ2n) is 12.0. The molecule has 12 nitrogen and oxygen atoms in total. The summed E-state index contributed by atoms with van der Waals surface area (Å²) in [5, 5.41) is -4.75. The molecule has 0 spiro atoms. The van der Waals surface area contributed by atoms with Crippen LogP contribution >= 0.6 is 0 Å². The van der Waals surface area contributed by atoms with Gasteiger partial charge in [0.1, 0.15) is 29.6 Å². The summed E-state index contributed by atoms with van der Waals surface area (Å²) in [5.74, 6) is -5.19. The van der Waals surface area contributed by atoms with Crippen LogP contribution in [0.4, 0.5) is 8.78 Å². The van der Waals surface area contributed by atoms with E-state index in [9.17, 15) is 36.4 Å². The fraction of sp³-hybridized carbons (Fsp3) is 0.852. The summed E-state index contributed by atoms with van der Waals surface area (Å²) in [7, 11) is -5.84. The third kappa shape index (κ3) is 5.63. The highest BCUT2D eigenvalue weighted by molar-refractivity contribution is 7.86. The number of esters is 4. The minimum Gasteiger partial charge on any atom is -0.458 e. The van der Waals surface area contributed by atoms with E-state index in [1.54, 1.807) is 0 Å². The number of alkyl halides is 2. The summed E-state index contributed by atoms with van der Waals surface area (Å²) in [4.78, 5) is 51.1. The minimum absolute atomic E-state index is 0.242. The van der Waals surface area contributed by atoms with E-state index >= 15 is 0 Å². The molecule has 0 aromatic carbocycles. The average Bonchev–Trinajstić information content (AvgIpc) is 3.56. The molecule has 0 amide bonds. The predicted molar refractivity (Wildman–Crippen MR) is 135 cm³/mol. The molecule has 7 atom stereocenters. The van der Waals surface area contributed by atoms with Crippen LogP contribution in [-0.2, 0) is 53.0 Å². The lowest BCUT2D eigenvalue weighted by atomic mass is 9.69. The molecule has 42 heavy (non-hydrogen) atoms. The molecule has 3 aliphatic heterocycles. The largest absolute Gasteiger partial charge is 0.458 e. The number of ether oxygens (including phenoxy) is 5. The van der Waals surface area contributed by atoms with E-state index in [-0.39, 0.29) is 5.92 Å². The molecular formula is C27H36F2O12S. The van der Waals surface area contributed by atoms with Gasteiger partial charge in [0.2, 0.25) is 0 Å². The first-order valence-electron chi connectivity index (χ1n) is 14.6. The van der Waals surface area contributed by atoms with Gasteiger partial charge in [0.25, 0.3) is 0 Å². The topological polar surface area (TPSA) is 169 Å². The molecule has 2 aliphatic carbocycles. The Balaban J connectivity index is 1.22. The van der Waals surface area contributed by atoms with E-state index in [4.69, 9.17) is 23.5 Å². The first-order chi connectivity index (χ1) is 19.7. The van der Waals surface area contributed by atoms with Crippen molar-refractivity contribution in [1.29, 1.82) is 0 Å². The zero-order valence-corrected chi connectivity index (χ0v) is 24.0. The summed E-state index contributed by atoms with van der Waals surface area (Å²) in [5.41, 5.74) is -0.602. The Kier molecular flexibility index (Phi) is 8.58. The van der Waals surface area contributed by atoms with Crippen molar-refractivity contribution in [2.24, 2.45) is 17.8 Å². The fourth-order valence-corrected chi connectivity index (χ4v) is 7.80. The van der Waals surface area contributed by atoms with Crippen LogP contribution in [0.1, 0.15) is 84.0 Å². The lowest BCUT2D eigenvalue weighted by Gasteiger charge is -2.45. The molecule has 2 bridgehead atoms. The van der Waals surface area contributed by atoms with E-state index in [1.807, 2.05) is 0 Å². The molecule has 3 heterocycles. The van der Waals surface area contributed by atoms with Gasteiger partial charge in [-0.3, -0.25) is 23.7 Å². The molecule has 5 fully saturated rings. The molecular weight excluding hydrogens is 586 g/mol. The van der Waals surface area contributed by atoms with Gasteiger partial charge in [0.15, 0.2) is 18.3 Å². The van der Waals surface area contributed by atoms with Crippen LogP contribution in [-0.4, -0.2) is 78.2 Å². The number of rotatable bonds is 10. The van der Waals surface area contributed by atoms with Crippen molar-refractivity contribution in [3.8, 4) is 0 Å². The van der Waals surface area contributed by atoms with Crippen LogP contribution in [0.15, 0.2) is 0 Å². The van der Waals surface area contributed by atoms with Gasteiger partial charge in [-0.1, -0.05) is 25.7 Å². The summed E-state index contributed by atoms with van der Waals surface area (Å²) < 4.78 is 85.0. The third-order valence-corrected chi connectivity index (χ3v) is 10.5. The molecule has 3 saturated heterocycles. The number of fused-ring (bicyclic) bond motifs is 1. The van der Waals surface area contributed by atoms with Gasteiger partial charge >= 0.3 is 39.2 Å². The zero-order valence-electron chi connectivity index (χ0n) is 23.2. The number of hydrogen-bond donors (Lipinski definition) is 1. The second kappa shape index (κ2) is 11.6. The van der Waals surface area contributed by atoms with Gasteiger partial charge < -0.3 is 23.7 Å². The quantitative estimate of drug-likeness (QED) is 0.215. The van der Waals surface area contributed by atoms with Crippen molar-refractivity contribution in [3.63, 3.8) is 0 Å². The van der Waals surface area contributed by atoms with Gasteiger partial charge in [-0.15, -0.1) is 0 Å².